The molecule has 3 amide bonds. The number of benzene rings is 1. The molecule has 0 saturated carbocycles. The number of likely N-dealkylation sites (N-methyl/N-ethyl adjacent to an activating group) is 1. The van der Waals surface area contributed by atoms with E-state index in [1.165, 1.54) is 16.2 Å². The number of fused-ring (bicyclic) bond motifs is 2. The number of nitrogens with zero attached hydrogens (tertiary/aromatic N) is 4. The highest BCUT2D eigenvalue weighted by molar-refractivity contribution is 7.13. The molecule has 1 aromatic heterocycles. The van der Waals surface area contributed by atoms with Crippen LogP contribution in [0.5, 0.6) is 0 Å². The van der Waals surface area contributed by atoms with E-state index in [0.717, 1.165) is 11.3 Å². The highest BCUT2D eigenvalue weighted by Gasteiger charge is 2.55. The van der Waals surface area contributed by atoms with Gasteiger partial charge in [-0.15, -0.1) is 11.3 Å². The Hall–Kier alpha value is -2.94. The predicted octanol–water partition coefficient (Wildman–Crippen LogP) is 0.944. The molecule has 1 spiro atoms. The Kier molecular flexibility index (Phi) is 4.34. The lowest BCUT2D eigenvalue weighted by Crippen LogP contribution is -2.46. The molecule has 0 bridgehead atoms. The van der Waals surface area contributed by atoms with Crippen LogP contribution in [0.4, 0.5) is 10.8 Å². The Labute approximate surface area is 166 Å². The Morgan fingerprint density at radius 1 is 1.32 bits per heavy atom. The number of hydrogen-bond acceptors (Lipinski definition) is 6. The van der Waals surface area contributed by atoms with E-state index in [9.17, 15) is 14.4 Å². The summed E-state index contributed by atoms with van der Waals surface area (Å²) in [6.07, 6.45) is 0.515. The van der Waals surface area contributed by atoms with E-state index >= 15 is 0 Å². The van der Waals surface area contributed by atoms with Crippen molar-refractivity contribution in [2.24, 2.45) is 0 Å². The van der Waals surface area contributed by atoms with E-state index in [2.05, 4.69) is 4.98 Å². The van der Waals surface area contributed by atoms with Crippen molar-refractivity contribution in [1.29, 1.82) is 0 Å². The fourth-order valence-electron chi connectivity index (χ4n) is 3.96. The molecule has 3 heterocycles. The molecule has 2 aromatic rings. The van der Waals surface area contributed by atoms with Gasteiger partial charge in [-0.1, -0.05) is 18.2 Å². The van der Waals surface area contributed by atoms with E-state index in [4.69, 9.17) is 5.73 Å². The van der Waals surface area contributed by atoms with Gasteiger partial charge in [-0.3, -0.25) is 14.4 Å². The van der Waals surface area contributed by atoms with Crippen LogP contribution >= 0.6 is 11.3 Å². The number of para-hydroxylation sites is 1. The van der Waals surface area contributed by atoms with Gasteiger partial charge in [0.1, 0.15) is 12.2 Å². The van der Waals surface area contributed by atoms with Crippen molar-refractivity contribution in [1.82, 2.24) is 14.8 Å². The van der Waals surface area contributed by atoms with Gasteiger partial charge in [-0.05, 0) is 18.1 Å². The van der Waals surface area contributed by atoms with Crippen molar-refractivity contribution < 1.29 is 14.4 Å². The SMILES string of the molecule is CN(C)C(=O)CN1C(=O)C2(CCN(C(=O)c3csc(N)n3)C2)c2ccccc21. The Bertz CT molecular complexity index is 972. The minimum atomic E-state index is -0.819. The van der Waals surface area contributed by atoms with Crippen LogP contribution in [0.25, 0.3) is 0 Å². The van der Waals surface area contributed by atoms with Crippen LogP contribution in [0, 0.1) is 0 Å². The van der Waals surface area contributed by atoms with Gasteiger partial charge in [-0.25, -0.2) is 4.98 Å². The number of nitrogen functional groups attached to an aromatic ring is 1. The lowest BCUT2D eigenvalue weighted by atomic mass is 9.81. The van der Waals surface area contributed by atoms with E-state index < -0.39 is 5.41 Å². The lowest BCUT2D eigenvalue weighted by molar-refractivity contribution is -0.130. The average Bonchev–Trinajstić information content (AvgIpc) is 3.36. The highest BCUT2D eigenvalue weighted by Crippen LogP contribution is 2.47. The normalized spacial score (nSPS) is 20.7. The monoisotopic (exact) mass is 399 g/mol. The summed E-state index contributed by atoms with van der Waals surface area (Å²) in [4.78, 5) is 47.2. The molecular formula is C19H21N5O3S. The summed E-state index contributed by atoms with van der Waals surface area (Å²) in [6.45, 7) is 0.707. The molecule has 1 fully saturated rings. The van der Waals surface area contributed by atoms with Crippen LogP contribution in [-0.2, 0) is 15.0 Å². The Morgan fingerprint density at radius 3 is 2.75 bits per heavy atom. The number of amides is 3. The maximum Gasteiger partial charge on any atom is 0.273 e. The topological polar surface area (TPSA) is 99.8 Å². The third kappa shape index (κ3) is 2.73. The number of rotatable bonds is 3. The van der Waals surface area contributed by atoms with E-state index in [1.54, 1.807) is 29.3 Å². The van der Waals surface area contributed by atoms with Gasteiger partial charge in [0, 0.05) is 38.3 Å². The summed E-state index contributed by atoms with van der Waals surface area (Å²) in [5, 5.41) is 1.97. The van der Waals surface area contributed by atoms with Crippen LogP contribution < -0.4 is 10.6 Å². The maximum atomic E-state index is 13.4. The molecule has 0 aliphatic carbocycles. The van der Waals surface area contributed by atoms with Gasteiger partial charge in [0.05, 0.1) is 5.41 Å². The smallest absolute Gasteiger partial charge is 0.273 e. The van der Waals surface area contributed by atoms with Crippen molar-refractivity contribution in [2.45, 2.75) is 11.8 Å². The maximum absolute atomic E-state index is 13.4. The summed E-state index contributed by atoms with van der Waals surface area (Å²) in [5.74, 6) is -0.501. The van der Waals surface area contributed by atoms with Crippen LogP contribution in [-0.4, -0.2) is 66.2 Å². The van der Waals surface area contributed by atoms with Crippen molar-refractivity contribution in [2.75, 3.05) is 44.4 Å². The van der Waals surface area contributed by atoms with Crippen LogP contribution in [0.1, 0.15) is 22.5 Å². The number of carbonyl (C=O) groups is 3. The fraction of sp³-hybridized carbons (Fsp3) is 0.368. The quantitative estimate of drug-likeness (QED) is 0.828. The molecule has 4 rings (SSSR count). The largest absolute Gasteiger partial charge is 0.375 e. The van der Waals surface area contributed by atoms with Gasteiger partial charge >= 0.3 is 0 Å². The Balaban J connectivity index is 1.65. The van der Waals surface area contributed by atoms with Crippen molar-refractivity contribution in [3.05, 3.63) is 40.9 Å². The number of anilines is 2. The summed E-state index contributed by atoms with van der Waals surface area (Å²) < 4.78 is 0. The molecule has 1 saturated heterocycles. The lowest BCUT2D eigenvalue weighted by Gasteiger charge is -2.24. The number of thiazole rings is 1. The molecule has 146 valence electrons. The van der Waals surface area contributed by atoms with Crippen molar-refractivity contribution in [3.63, 3.8) is 0 Å². The van der Waals surface area contributed by atoms with Gasteiger partial charge in [0.15, 0.2) is 5.13 Å². The second-order valence-electron chi connectivity index (χ2n) is 7.33. The molecule has 1 aromatic carbocycles. The molecule has 28 heavy (non-hydrogen) atoms. The van der Waals surface area contributed by atoms with E-state index in [1.807, 2.05) is 24.3 Å². The first-order valence-electron chi connectivity index (χ1n) is 8.95. The van der Waals surface area contributed by atoms with Crippen LogP contribution in [0.2, 0.25) is 0 Å². The van der Waals surface area contributed by atoms with Gasteiger partial charge < -0.3 is 20.4 Å². The first kappa shape index (κ1) is 18.4. The molecule has 2 aliphatic heterocycles. The first-order valence-corrected chi connectivity index (χ1v) is 9.83. The van der Waals surface area contributed by atoms with Crippen molar-refractivity contribution in [3.8, 4) is 0 Å². The predicted molar refractivity (Wildman–Crippen MR) is 106 cm³/mol. The molecule has 2 aliphatic rings. The second kappa shape index (κ2) is 6.59. The van der Waals surface area contributed by atoms with Gasteiger partial charge in [0.25, 0.3) is 5.91 Å². The fourth-order valence-corrected chi connectivity index (χ4v) is 4.49. The molecular weight excluding hydrogens is 378 g/mol. The zero-order chi connectivity index (χ0) is 20.1. The molecule has 1 atom stereocenters. The zero-order valence-electron chi connectivity index (χ0n) is 15.7. The summed E-state index contributed by atoms with van der Waals surface area (Å²) in [6, 6.07) is 7.52. The minimum Gasteiger partial charge on any atom is -0.375 e. The summed E-state index contributed by atoms with van der Waals surface area (Å²) in [5.41, 5.74) is 6.75. The van der Waals surface area contributed by atoms with Crippen LogP contribution in [0.15, 0.2) is 29.6 Å². The third-order valence-electron chi connectivity index (χ3n) is 5.45. The second-order valence-corrected chi connectivity index (χ2v) is 8.22. The minimum absolute atomic E-state index is 0.0127. The molecule has 9 heteroatoms. The van der Waals surface area contributed by atoms with Crippen molar-refractivity contribution >= 4 is 39.9 Å². The zero-order valence-corrected chi connectivity index (χ0v) is 16.5. The van der Waals surface area contributed by atoms with Gasteiger partial charge in [-0.2, -0.15) is 0 Å². The molecule has 0 radical (unpaired) electrons. The Morgan fingerprint density at radius 2 is 2.07 bits per heavy atom. The molecule has 1 unspecified atom stereocenters. The molecule has 2 N–H and O–H groups in total. The first-order chi connectivity index (χ1) is 13.3. The number of likely N-dealkylation sites (tertiary alicyclic amines) is 1. The number of hydrogen-bond donors (Lipinski definition) is 1. The number of carbonyl (C=O) groups excluding carboxylic acids is 3. The van der Waals surface area contributed by atoms with Crippen LogP contribution in [0.3, 0.4) is 0 Å². The summed E-state index contributed by atoms with van der Waals surface area (Å²) >= 11 is 1.22. The highest BCUT2D eigenvalue weighted by atomic mass is 32.1. The third-order valence-corrected chi connectivity index (χ3v) is 6.13. The van der Waals surface area contributed by atoms with E-state index in [0.29, 0.717) is 23.8 Å². The summed E-state index contributed by atoms with van der Waals surface area (Å²) in [7, 11) is 3.33. The number of aromatic nitrogens is 1. The standard InChI is InChI=1S/C19H21N5O3S/c1-22(2)15(25)9-24-14-6-4-3-5-12(14)19(17(24)27)7-8-23(11-19)16(26)13-10-28-18(20)21-13/h3-6,10H,7-9,11H2,1-2H3,(H2,20,21). The molecule has 8 nitrogen and oxygen atoms in total. The van der Waals surface area contributed by atoms with E-state index in [-0.39, 0.29) is 30.8 Å². The van der Waals surface area contributed by atoms with Gasteiger partial charge in [0.2, 0.25) is 11.8 Å². The number of nitrogens with two attached hydrogens (primary N) is 1. The average molecular weight is 399 g/mol.